The van der Waals surface area contributed by atoms with Crippen molar-refractivity contribution in [3.8, 4) is 5.75 Å². The van der Waals surface area contributed by atoms with Crippen LogP contribution in [0.2, 0.25) is 0 Å². The van der Waals surface area contributed by atoms with Crippen molar-refractivity contribution < 1.29 is 9.53 Å². The van der Waals surface area contributed by atoms with Gasteiger partial charge in [0.05, 0.1) is 17.5 Å². The molecule has 4 rings (SSSR count). The quantitative estimate of drug-likeness (QED) is 0.361. The minimum Gasteiger partial charge on any atom is -0.494 e. The summed E-state index contributed by atoms with van der Waals surface area (Å²) in [6.07, 6.45) is 5.81. The van der Waals surface area contributed by atoms with E-state index in [1.807, 2.05) is 24.0 Å². The number of aromatic nitrogens is 2. The van der Waals surface area contributed by atoms with E-state index in [-0.39, 0.29) is 11.5 Å². The number of aromatic amines is 1. The van der Waals surface area contributed by atoms with Gasteiger partial charge >= 0.3 is 0 Å². The van der Waals surface area contributed by atoms with Gasteiger partial charge in [0.1, 0.15) is 5.75 Å². The SMILES string of the molecule is C=CCn1c(=S)[nH]c2cc(C(=O)N3CCC(CCc4ccc(OCC)cc4)CC3)ccc2c1=O. The summed E-state index contributed by atoms with van der Waals surface area (Å²) in [6, 6.07) is 13.5. The van der Waals surface area contributed by atoms with Crippen LogP contribution in [0.4, 0.5) is 0 Å². The van der Waals surface area contributed by atoms with Crippen molar-refractivity contribution in [3.63, 3.8) is 0 Å². The van der Waals surface area contributed by atoms with Gasteiger partial charge in [-0.05, 0) is 86.6 Å². The van der Waals surface area contributed by atoms with Gasteiger partial charge in [0.2, 0.25) is 0 Å². The summed E-state index contributed by atoms with van der Waals surface area (Å²) in [5.41, 5.74) is 2.31. The number of carbonyl (C=O) groups excluding carboxylic acids is 1. The second-order valence-electron chi connectivity index (χ2n) is 8.75. The number of ether oxygens (including phenoxy) is 1. The van der Waals surface area contributed by atoms with E-state index in [2.05, 4.69) is 23.7 Å². The van der Waals surface area contributed by atoms with Gasteiger partial charge in [-0.2, -0.15) is 0 Å². The molecular formula is C27H31N3O3S. The number of nitrogens with zero attached hydrogens (tertiary/aromatic N) is 2. The van der Waals surface area contributed by atoms with Gasteiger partial charge in [-0.15, -0.1) is 6.58 Å². The van der Waals surface area contributed by atoms with Gasteiger partial charge in [0.15, 0.2) is 4.77 Å². The predicted octanol–water partition coefficient (Wildman–Crippen LogP) is 5.13. The maximum Gasteiger partial charge on any atom is 0.262 e. The van der Waals surface area contributed by atoms with Crippen LogP contribution in [0.1, 0.15) is 42.1 Å². The highest BCUT2D eigenvalue weighted by atomic mass is 32.1. The summed E-state index contributed by atoms with van der Waals surface area (Å²) in [5.74, 6) is 1.53. The molecule has 2 aromatic carbocycles. The van der Waals surface area contributed by atoms with Crippen LogP contribution < -0.4 is 10.3 Å². The van der Waals surface area contributed by atoms with Crippen LogP contribution in [0.5, 0.6) is 5.75 Å². The lowest BCUT2D eigenvalue weighted by Crippen LogP contribution is -2.38. The van der Waals surface area contributed by atoms with Gasteiger partial charge in [0.25, 0.3) is 11.5 Å². The summed E-state index contributed by atoms with van der Waals surface area (Å²) < 4.78 is 7.30. The molecule has 1 saturated heterocycles. The highest BCUT2D eigenvalue weighted by Crippen LogP contribution is 2.25. The molecule has 1 aromatic heterocycles. The summed E-state index contributed by atoms with van der Waals surface area (Å²) in [4.78, 5) is 30.8. The summed E-state index contributed by atoms with van der Waals surface area (Å²) in [6.45, 7) is 8.19. The van der Waals surface area contributed by atoms with Crippen molar-refractivity contribution in [2.24, 2.45) is 5.92 Å². The molecule has 6 nitrogen and oxygen atoms in total. The molecule has 2 heterocycles. The van der Waals surface area contributed by atoms with Crippen LogP contribution >= 0.6 is 12.2 Å². The van der Waals surface area contributed by atoms with Gasteiger partial charge < -0.3 is 14.6 Å². The van der Waals surface area contributed by atoms with Gasteiger partial charge in [-0.3, -0.25) is 14.2 Å². The molecule has 0 radical (unpaired) electrons. The standard InChI is InChI=1S/C27H31N3O3S/c1-3-15-30-26(32)23-12-9-21(18-24(23)28-27(30)34)25(31)29-16-13-20(14-17-29)6-5-19-7-10-22(11-8-19)33-4-2/h3,7-12,18,20H,1,4-6,13-17H2,2H3,(H,28,34). The molecule has 3 aromatic rings. The lowest BCUT2D eigenvalue weighted by molar-refractivity contribution is 0.0687. The van der Waals surface area contributed by atoms with E-state index in [0.717, 1.165) is 44.5 Å². The van der Waals surface area contributed by atoms with Crippen LogP contribution in [0.3, 0.4) is 0 Å². The molecule has 34 heavy (non-hydrogen) atoms. The number of likely N-dealkylation sites (tertiary alicyclic amines) is 1. The Kier molecular flexibility index (Phi) is 7.63. The number of hydrogen-bond donors (Lipinski definition) is 1. The zero-order chi connectivity index (χ0) is 24.1. The molecule has 7 heteroatoms. The molecule has 0 unspecified atom stereocenters. The number of nitrogens with one attached hydrogen (secondary N) is 1. The van der Waals surface area contributed by atoms with Crippen molar-refractivity contribution in [3.05, 3.63) is 81.4 Å². The third-order valence-corrected chi connectivity index (χ3v) is 6.84. The Morgan fingerprint density at radius 1 is 1.21 bits per heavy atom. The number of H-pyrrole nitrogens is 1. The monoisotopic (exact) mass is 477 g/mol. The highest BCUT2D eigenvalue weighted by molar-refractivity contribution is 7.71. The molecule has 1 aliphatic heterocycles. The molecule has 0 atom stereocenters. The Morgan fingerprint density at radius 2 is 1.94 bits per heavy atom. The predicted molar refractivity (Wildman–Crippen MR) is 138 cm³/mol. The lowest BCUT2D eigenvalue weighted by Gasteiger charge is -2.32. The first kappa shape index (κ1) is 24.0. The number of hydrogen-bond acceptors (Lipinski definition) is 4. The van der Waals surface area contributed by atoms with E-state index in [1.165, 1.54) is 10.1 Å². The first-order valence-corrected chi connectivity index (χ1v) is 12.3. The summed E-state index contributed by atoms with van der Waals surface area (Å²) in [7, 11) is 0. The zero-order valence-electron chi connectivity index (χ0n) is 19.6. The number of benzene rings is 2. The zero-order valence-corrected chi connectivity index (χ0v) is 20.4. The molecule has 1 N–H and O–H groups in total. The van der Waals surface area contributed by atoms with E-state index in [1.54, 1.807) is 24.3 Å². The molecule has 0 spiro atoms. The first-order chi connectivity index (χ1) is 16.5. The largest absolute Gasteiger partial charge is 0.494 e. The smallest absolute Gasteiger partial charge is 0.262 e. The van der Waals surface area contributed by atoms with Crippen molar-refractivity contribution >= 4 is 29.0 Å². The van der Waals surface area contributed by atoms with Crippen molar-refractivity contribution in [1.29, 1.82) is 0 Å². The van der Waals surface area contributed by atoms with Crippen LogP contribution in [0.25, 0.3) is 10.9 Å². The number of fused-ring (bicyclic) bond motifs is 1. The minimum absolute atomic E-state index is 0.00134. The lowest BCUT2D eigenvalue weighted by atomic mass is 9.90. The normalized spacial score (nSPS) is 14.3. The third-order valence-electron chi connectivity index (χ3n) is 6.52. The summed E-state index contributed by atoms with van der Waals surface area (Å²) in [5, 5.41) is 0.514. The van der Waals surface area contributed by atoms with Gasteiger partial charge in [-0.25, -0.2) is 0 Å². The fourth-order valence-electron chi connectivity index (χ4n) is 4.58. The summed E-state index contributed by atoms with van der Waals surface area (Å²) >= 11 is 5.32. The van der Waals surface area contributed by atoms with E-state index in [0.29, 0.717) is 40.3 Å². The first-order valence-electron chi connectivity index (χ1n) is 11.9. The second-order valence-corrected chi connectivity index (χ2v) is 9.13. The number of amides is 1. The fourth-order valence-corrected chi connectivity index (χ4v) is 4.85. The number of aryl methyl sites for hydroxylation is 1. The van der Waals surface area contributed by atoms with Crippen molar-refractivity contribution in [2.45, 2.75) is 39.2 Å². The van der Waals surface area contributed by atoms with Crippen LogP contribution in [0, 0.1) is 10.7 Å². The molecule has 1 aliphatic rings. The molecule has 1 fully saturated rings. The maximum absolute atomic E-state index is 13.1. The molecule has 0 bridgehead atoms. The Balaban J connectivity index is 1.36. The molecule has 0 aliphatic carbocycles. The second kappa shape index (κ2) is 10.8. The Morgan fingerprint density at radius 3 is 2.62 bits per heavy atom. The highest BCUT2D eigenvalue weighted by Gasteiger charge is 2.24. The third kappa shape index (κ3) is 5.30. The Bertz CT molecular complexity index is 1290. The number of piperidine rings is 1. The molecular weight excluding hydrogens is 446 g/mol. The molecule has 0 saturated carbocycles. The Hall–Kier alpha value is -3.19. The van der Waals surface area contributed by atoms with Gasteiger partial charge in [0, 0.05) is 25.2 Å². The molecule has 178 valence electrons. The van der Waals surface area contributed by atoms with E-state index in [9.17, 15) is 9.59 Å². The van der Waals surface area contributed by atoms with E-state index in [4.69, 9.17) is 17.0 Å². The average Bonchev–Trinajstić information content (AvgIpc) is 2.86. The maximum atomic E-state index is 13.1. The van der Waals surface area contributed by atoms with Crippen molar-refractivity contribution in [2.75, 3.05) is 19.7 Å². The topological polar surface area (TPSA) is 67.3 Å². The van der Waals surface area contributed by atoms with E-state index >= 15 is 0 Å². The van der Waals surface area contributed by atoms with Crippen molar-refractivity contribution in [1.82, 2.24) is 14.5 Å². The number of rotatable bonds is 8. The fraction of sp³-hybridized carbons (Fsp3) is 0.370. The number of carbonyl (C=O) groups is 1. The van der Waals surface area contributed by atoms with Crippen LogP contribution in [-0.2, 0) is 13.0 Å². The minimum atomic E-state index is -0.175. The number of allylic oxidation sites excluding steroid dienone is 1. The molecule has 1 amide bonds. The van der Waals surface area contributed by atoms with Crippen LogP contribution in [-0.4, -0.2) is 40.1 Å². The van der Waals surface area contributed by atoms with E-state index < -0.39 is 0 Å². The van der Waals surface area contributed by atoms with Gasteiger partial charge in [-0.1, -0.05) is 18.2 Å². The Labute approximate surface area is 204 Å². The average molecular weight is 478 g/mol. The van der Waals surface area contributed by atoms with Crippen LogP contribution in [0.15, 0.2) is 59.9 Å².